The molecule has 0 bridgehead atoms. The quantitative estimate of drug-likeness (QED) is 0.662. The van der Waals surface area contributed by atoms with Crippen LogP contribution in [0.15, 0.2) is 0 Å². The number of thiol groups is 1. The van der Waals surface area contributed by atoms with Crippen LogP contribution in [-0.2, 0) is 0 Å². The number of halogens is 3. The summed E-state index contributed by atoms with van der Waals surface area (Å²) in [7, 11) is 0. The number of nitrogens with zero attached hydrogens (tertiary/aromatic N) is 1. The second-order valence-electron chi connectivity index (χ2n) is 6.25. The van der Waals surface area contributed by atoms with Crippen LogP contribution >= 0.6 is 12.6 Å². The zero-order valence-electron chi connectivity index (χ0n) is 12.7. The molecule has 0 radical (unpaired) electrons. The maximum atomic E-state index is 12.7. The van der Waals surface area contributed by atoms with Gasteiger partial charge >= 0.3 is 6.18 Å². The SMILES string of the molecule is CCCC(CS)(CCC)CN1CCC(C(F)(F)F)CC1. The molecule has 0 N–H and O–H groups in total. The van der Waals surface area contributed by atoms with Crippen molar-refractivity contribution >= 4 is 12.6 Å². The van der Waals surface area contributed by atoms with E-state index in [9.17, 15) is 13.2 Å². The monoisotopic (exact) mass is 311 g/mol. The fraction of sp³-hybridized carbons (Fsp3) is 1.00. The minimum atomic E-state index is -4.01. The van der Waals surface area contributed by atoms with Crippen LogP contribution in [-0.4, -0.2) is 36.5 Å². The Morgan fingerprint density at radius 1 is 1.05 bits per heavy atom. The van der Waals surface area contributed by atoms with Gasteiger partial charge in [-0.05, 0) is 49.9 Å². The van der Waals surface area contributed by atoms with Gasteiger partial charge in [0.2, 0.25) is 0 Å². The molecule has 0 aliphatic carbocycles. The third kappa shape index (κ3) is 5.14. The van der Waals surface area contributed by atoms with Gasteiger partial charge < -0.3 is 4.90 Å². The number of likely N-dealkylation sites (tertiary alicyclic amines) is 1. The van der Waals surface area contributed by atoms with Crippen LogP contribution in [0.5, 0.6) is 0 Å². The predicted molar refractivity (Wildman–Crippen MR) is 81.3 cm³/mol. The lowest BCUT2D eigenvalue weighted by atomic mass is 9.80. The van der Waals surface area contributed by atoms with E-state index in [1.54, 1.807) is 0 Å². The summed E-state index contributed by atoms with van der Waals surface area (Å²) in [4.78, 5) is 2.23. The molecular weight excluding hydrogens is 283 g/mol. The molecule has 1 aliphatic heterocycles. The van der Waals surface area contributed by atoms with Gasteiger partial charge in [0.25, 0.3) is 0 Å². The summed E-state index contributed by atoms with van der Waals surface area (Å²) in [6.45, 7) is 6.40. The zero-order chi connectivity index (χ0) is 15.2. The molecule has 0 aromatic rings. The van der Waals surface area contributed by atoms with Gasteiger partial charge in [-0.15, -0.1) is 0 Å². The highest BCUT2D eigenvalue weighted by atomic mass is 32.1. The topological polar surface area (TPSA) is 3.24 Å². The number of alkyl halides is 3. The third-order valence-corrected chi connectivity index (χ3v) is 5.18. The summed E-state index contributed by atoms with van der Waals surface area (Å²) in [5.41, 5.74) is 0.178. The molecule has 1 fully saturated rings. The van der Waals surface area contributed by atoms with E-state index in [1.165, 1.54) is 0 Å². The molecule has 0 aromatic carbocycles. The first-order valence-electron chi connectivity index (χ1n) is 7.77. The van der Waals surface area contributed by atoms with Crippen molar-refractivity contribution in [2.24, 2.45) is 11.3 Å². The molecule has 0 saturated carbocycles. The Balaban J connectivity index is 2.55. The van der Waals surface area contributed by atoms with E-state index in [4.69, 9.17) is 0 Å². The van der Waals surface area contributed by atoms with Crippen molar-refractivity contribution in [1.82, 2.24) is 4.90 Å². The average Bonchev–Trinajstić information content (AvgIpc) is 2.39. The van der Waals surface area contributed by atoms with Gasteiger partial charge in [-0.1, -0.05) is 26.7 Å². The average molecular weight is 311 g/mol. The molecule has 1 heterocycles. The van der Waals surface area contributed by atoms with Crippen molar-refractivity contribution < 1.29 is 13.2 Å². The van der Waals surface area contributed by atoms with Gasteiger partial charge in [0, 0.05) is 6.54 Å². The molecule has 1 rings (SSSR count). The molecule has 1 nitrogen and oxygen atoms in total. The molecule has 0 atom stereocenters. The maximum absolute atomic E-state index is 12.7. The molecule has 5 heteroatoms. The van der Waals surface area contributed by atoms with E-state index in [0.717, 1.165) is 38.0 Å². The van der Waals surface area contributed by atoms with E-state index < -0.39 is 12.1 Å². The lowest BCUT2D eigenvalue weighted by Gasteiger charge is -2.41. The lowest BCUT2D eigenvalue weighted by Crippen LogP contribution is -2.45. The van der Waals surface area contributed by atoms with E-state index in [-0.39, 0.29) is 18.3 Å². The summed E-state index contributed by atoms with van der Waals surface area (Å²) in [5, 5.41) is 0. The van der Waals surface area contributed by atoms with Crippen LogP contribution in [0.2, 0.25) is 0 Å². The number of hydrogen-bond donors (Lipinski definition) is 1. The summed E-state index contributed by atoms with van der Waals surface area (Å²) < 4.78 is 38.0. The highest BCUT2D eigenvalue weighted by Gasteiger charge is 2.42. The van der Waals surface area contributed by atoms with Gasteiger partial charge in [-0.25, -0.2) is 0 Å². The van der Waals surface area contributed by atoms with Crippen LogP contribution in [0.25, 0.3) is 0 Å². The molecule has 1 saturated heterocycles. The Kier molecular flexibility index (Phi) is 7.19. The van der Waals surface area contributed by atoms with Crippen molar-refractivity contribution in [3.05, 3.63) is 0 Å². The van der Waals surface area contributed by atoms with Gasteiger partial charge in [-0.2, -0.15) is 25.8 Å². The predicted octanol–water partition coefficient (Wildman–Crippen LogP) is 4.78. The highest BCUT2D eigenvalue weighted by molar-refractivity contribution is 7.80. The minimum Gasteiger partial charge on any atom is -0.303 e. The molecule has 0 unspecified atom stereocenters. The van der Waals surface area contributed by atoms with Gasteiger partial charge in [-0.3, -0.25) is 0 Å². The molecule has 0 aromatic heterocycles. The normalized spacial score (nSPS) is 19.5. The summed E-state index contributed by atoms with van der Waals surface area (Å²) >= 11 is 4.53. The first-order chi connectivity index (χ1) is 9.37. The van der Waals surface area contributed by atoms with E-state index in [2.05, 4.69) is 31.4 Å². The van der Waals surface area contributed by atoms with Crippen molar-refractivity contribution in [1.29, 1.82) is 0 Å². The number of piperidine rings is 1. The molecule has 1 aliphatic rings. The lowest BCUT2D eigenvalue weighted by molar-refractivity contribution is -0.185. The summed E-state index contributed by atoms with van der Waals surface area (Å²) in [6.07, 6.45) is 0.945. The second-order valence-corrected chi connectivity index (χ2v) is 6.57. The first kappa shape index (κ1) is 18.1. The number of rotatable bonds is 7. The second kappa shape index (κ2) is 7.92. The first-order valence-corrected chi connectivity index (χ1v) is 8.40. The third-order valence-electron chi connectivity index (χ3n) is 4.51. The largest absolute Gasteiger partial charge is 0.391 e. The van der Waals surface area contributed by atoms with Crippen LogP contribution < -0.4 is 0 Å². The standard InChI is InChI=1S/C15H28F3NS/c1-3-7-14(12-20,8-4-2)11-19-9-5-13(6-10-19)15(16,17)18/h13,20H,3-12H2,1-2H3. The Hall–Kier alpha value is 0.100. The Morgan fingerprint density at radius 3 is 1.90 bits per heavy atom. The smallest absolute Gasteiger partial charge is 0.303 e. The number of hydrogen-bond acceptors (Lipinski definition) is 2. The van der Waals surface area contributed by atoms with E-state index in [1.807, 2.05) is 0 Å². The van der Waals surface area contributed by atoms with Gasteiger partial charge in [0.15, 0.2) is 0 Å². The maximum Gasteiger partial charge on any atom is 0.391 e. The Labute approximate surface area is 126 Å². The fourth-order valence-electron chi connectivity index (χ4n) is 3.44. The summed E-state index contributed by atoms with van der Waals surface area (Å²) in [5.74, 6) is -0.269. The molecular formula is C15H28F3NS. The van der Waals surface area contributed by atoms with Crippen LogP contribution in [0.1, 0.15) is 52.4 Å². The minimum absolute atomic E-state index is 0.178. The van der Waals surface area contributed by atoms with E-state index in [0.29, 0.717) is 13.1 Å². The molecule has 120 valence electrons. The van der Waals surface area contributed by atoms with Crippen LogP contribution in [0, 0.1) is 11.3 Å². The highest BCUT2D eigenvalue weighted by Crippen LogP contribution is 2.37. The van der Waals surface area contributed by atoms with Crippen LogP contribution in [0.3, 0.4) is 0 Å². The van der Waals surface area contributed by atoms with Gasteiger partial charge in [0.1, 0.15) is 0 Å². The van der Waals surface area contributed by atoms with Crippen molar-refractivity contribution in [3.8, 4) is 0 Å². The zero-order valence-corrected chi connectivity index (χ0v) is 13.6. The molecule has 20 heavy (non-hydrogen) atoms. The van der Waals surface area contributed by atoms with Gasteiger partial charge in [0.05, 0.1) is 5.92 Å². The van der Waals surface area contributed by atoms with Crippen LogP contribution in [0.4, 0.5) is 13.2 Å². The summed E-state index contributed by atoms with van der Waals surface area (Å²) in [6, 6.07) is 0. The Morgan fingerprint density at radius 2 is 1.55 bits per heavy atom. The van der Waals surface area contributed by atoms with Crippen molar-refractivity contribution in [2.75, 3.05) is 25.4 Å². The van der Waals surface area contributed by atoms with Crippen molar-refractivity contribution in [2.45, 2.75) is 58.5 Å². The van der Waals surface area contributed by atoms with Crippen molar-refractivity contribution in [3.63, 3.8) is 0 Å². The fourth-order valence-corrected chi connectivity index (χ4v) is 3.86. The van der Waals surface area contributed by atoms with E-state index >= 15 is 0 Å². The molecule has 0 spiro atoms. The molecule has 0 amide bonds. The Bertz CT molecular complexity index is 267.